The van der Waals surface area contributed by atoms with Gasteiger partial charge in [-0.3, -0.25) is 0 Å². The predicted octanol–water partition coefficient (Wildman–Crippen LogP) is 13.3. The minimum atomic E-state index is -6.17. The Labute approximate surface area is 406 Å². The van der Waals surface area contributed by atoms with E-state index in [-0.39, 0.29) is 0 Å². The number of aliphatic hydroxyl groups is 1. The highest BCUT2D eigenvalue weighted by Gasteiger charge is 2.13. The molecule has 0 radical (unpaired) electrons. The van der Waals surface area contributed by atoms with Crippen LogP contribution < -0.4 is 0 Å². The summed E-state index contributed by atoms with van der Waals surface area (Å²) in [6.45, 7) is -67.4. The van der Waals surface area contributed by atoms with Crippen LogP contribution in [-0.4, -0.2) is 37.5 Å². The van der Waals surface area contributed by atoms with Gasteiger partial charge in [-0.1, -0.05) is 183 Å². The van der Waals surface area contributed by atoms with Crippen LogP contribution in [-0.2, 0) is 9.47 Å². The second-order valence-corrected chi connectivity index (χ2v) is 6.94. The Morgan fingerprint density at radius 3 is 1.11 bits per heavy atom. The molecule has 0 amide bonds. The third-order valence-electron chi connectivity index (χ3n) is 3.37. The van der Waals surface area contributed by atoms with Gasteiger partial charge in [0, 0.05) is 120 Å². The van der Waals surface area contributed by atoms with E-state index in [0.29, 0.717) is 0 Å². The molecule has 278 valence electrons. The van der Waals surface area contributed by atoms with Crippen molar-refractivity contribution >= 4 is 0 Å². The number of ether oxygens (including phenoxy) is 2. The van der Waals surface area contributed by atoms with E-state index >= 15 is 0 Å². The van der Waals surface area contributed by atoms with E-state index < -0.39 is 276 Å². The van der Waals surface area contributed by atoms with Gasteiger partial charge < -0.3 is 14.6 Å². The van der Waals surface area contributed by atoms with Gasteiger partial charge in [0.2, 0.25) is 0 Å². The molecule has 3 heteroatoms. The van der Waals surface area contributed by atoms with E-state index in [1.807, 2.05) is 0 Å². The second-order valence-electron chi connectivity index (χ2n) is 6.94. The molecular weight excluding hydrogens is 564 g/mol. The molecule has 0 aromatic carbocycles. The van der Waals surface area contributed by atoms with Crippen molar-refractivity contribution in [2.45, 2.75) is 202 Å². The van der Waals surface area contributed by atoms with Crippen molar-refractivity contribution in [2.24, 2.45) is 47.2 Å². The first kappa shape index (κ1) is 5.74. The molecule has 0 aliphatic heterocycles. The summed E-state index contributed by atoms with van der Waals surface area (Å²) in [5, 5.41) is 10.5. The Morgan fingerprint density at radius 1 is 0.457 bits per heavy atom. The smallest absolute Gasteiger partial charge is 0.104 e. The van der Waals surface area contributed by atoms with Crippen LogP contribution in [0.15, 0.2) is 0 Å². The number of hydrogen-bond acceptors (Lipinski definition) is 3. The summed E-state index contributed by atoms with van der Waals surface area (Å²) in [6, 6.07) is 0. The van der Waals surface area contributed by atoms with Gasteiger partial charge in [-0.15, -0.1) is 0 Å². The van der Waals surface area contributed by atoms with Crippen LogP contribution in [0, 0.1) is 47.2 Å². The maximum Gasteiger partial charge on any atom is 0.104 e. The molecule has 0 rings (SSSR count). The summed E-state index contributed by atoms with van der Waals surface area (Å²) in [7, 11) is 0. The zero-order chi connectivity index (χ0) is 106. The fraction of sp³-hybridized carbons (Fsp3) is 1.00. The largest absolute Gasteiger partial charge is 0.394 e. The maximum atomic E-state index is 10.5. The first-order chi connectivity index (χ1) is 53.6. The summed E-state index contributed by atoms with van der Waals surface area (Å²) < 4.78 is 702. The van der Waals surface area contributed by atoms with E-state index in [1.165, 1.54) is 0 Å². The lowest BCUT2D eigenvalue weighted by Crippen LogP contribution is -2.25. The molecule has 0 aromatic heterocycles. The molecule has 0 spiro atoms. The van der Waals surface area contributed by atoms with Gasteiger partial charge in [0.05, 0.1) is 18.7 Å². The SMILES string of the molecule is [2H]C([2H])([2H])C([2H])(C([2H])([2H])[2H])C([2H])([2H])C([2H])([2H])C([2H])([2H])C([2H])(C([2H])([2H])[2H])C([2H])([2H])C([2H])([2H])C([2H])([2H])C([2H])(C([2H])([2H])[2H])C([2H])([2H])C([2H])([2H])C([2H])([2H])C([2H])(C([2H])([2H])[2H])C([2H])([2H])C([2H])([2H])OC[C@H](CO)OC([2H])([2H])C([2H])([2H])C([2H])(C([2H])([2H])[2H])C([2H])([2H])C([2H])([2H])C([2H])([2H])C([2H])(C([2H])([2H])[2H])C([2H])([2H])C([2H])([2H])C([2H])([2H])C([2H])(C([2H])([2H])[2H])C([2H])([2H])C([2H])([2H])C([2H])([2H])C([2H])(C([2H])([2H])[2H])C([2H])([2H])[2H]. The van der Waals surface area contributed by atoms with Crippen LogP contribution in [0.5, 0.6) is 0 Å². The molecule has 0 aliphatic carbocycles. The quantitative estimate of drug-likeness (QED) is 0.0715. The lowest BCUT2D eigenvalue weighted by molar-refractivity contribution is -0.0471. The Bertz CT molecular complexity index is 3850. The highest BCUT2D eigenvalue weighted by molar-refractivity contribution is 4.64. The van der Waals surface area contributed by atoms with Crippen molar-refractivity contribution in [3.63, 3.8) is 0 Å². The Morgan fingerprint density at radius 2 is 0.783 bits per heavy atom. The fourth-order valence-corrected chi connectivity index (χ4v) is 1.63. The van der Waals surface area contributed by atoms with Gasteiger partial charge in [0.15, 0.2) is 0 Å². The number of hydrogen-bond donors (Lipinski definition) is 1. The molecule has 1 N–H and O–H groups in total. The Balaban J connectivity index is 9.26. The molecule has 0 fully saturated rings. The molecule has 6 unspecified atom stereocenters. The molecular formula is C43H88O3. The zero-order valence-electron chi connectivity index (χ0n) is 105. The molecule has 3 nitrogen and oxygen atoms in total. The van der Waals surface area contributed by atoms with Gasteiger partial charge >= 0.3 is 0 Å². The predicted molar refractivity (Wildman–Crippen MR) is 205 cm³/mol. The molecule has 0 heterocycles. The Kier molecular flexibility index (Phi) is 3.86. The highest BCUT2D eigenvalue weighted by Crippen LogP contribution is 2.24. The van der Waals surface area contributed by atoms with E-state index in [1.54, 1.807) is 0 Å². The van der Waals surface area contributed by atoms with Gasteiger partial charge in [-0.2, -0.15) is 0 Å². The van der Waals surface area contributed by atoms with Crippen LogP contribution in [0.1, 0.15) is 308 Å². The molecule has 0 saturated carbocycles. The third-order valence-corrected chi connectivity index (χ3v) is 3.37. The van der Waals surface area contributed by atoms with Crippen LogP contribution >= 0.6 is 0 Å². The van der Waals surface area contributed by atoms with Gasteiger partial charge in [-0.05, 0) is 59.9 Å². The highest BCUT2D eigenvalue weighted by atomic mass is 16.5. The summed E-state index contributed by atoms with van der Waals surface area (Å²) >= 11 is 0. The summed E-state index contributed by atoms with van der Waals surface area (Å²) in [6.07, 6.45) is -122. The topological polar surface area (TPSA) is 38.7 Å². The Hall–Kier alpha value is -0.120. The average Bonchev–Trinajstić information content (AvgIpc) is 0.658. The second kappa shape index (κ2) is 30.9. The first-order valence-electron chi connectivity index (χ1n) is 52.6. The van der Waals surface area contributed by atoms with Crippen LogP contribution in [0.2, 0.25) is 0 Å². The third kappa shape index (κ3) is 31.2. The molecule has 46 heavy (non-hydrogen) atoms. The molecule has 0 saturated heterocycles. The molecule has 0 aliphatic rings. The van der Waals surface area contributed by atoms with Crippen molar-refractivity contribution in [3.05, 3.63) is 0 Å². The van der Waals surface area contributed by atoms with E-state index in [4.69, 9.17) is 112 Å². The van der Waals surface area contributed by atoms with Crippen LogP contribution in [0.25, 0.3) is 0 Å². The van der Waals surface area contributed by atoms with Crippen molar-refractivity contribution in [3.8, 4) is 0 Å². The van der Waals surface area contributed by atoms with Crippen molar-refractivity contribution < 1.29 is 127 Å². The van der Waals surface area contributed by atoms with Crippen molar-refractivity contribution in [1.29, 1.82) is 0 Å². The zero-order valence-corrected chi connectivity index (χ0v) is 23.3. The minimum absolute atomic E-state index is 2.31. The molecule has 0 aromatic rings. The number of aliphatic hydroxyl groups excluding tert-OH is 1. The van der Waals surface area contributed by atoms with Gasteiger partial charge in [-0.25, -0.2) is 0 Å². The lowest BCUT2D eigenvalue weighted by atomic mass is 9.91. The lowest BCUT2D eigenvalue weighted by Gasteiger charge is -2.19. The number of rotatable bonds is 34. The molecule has 0 bridgehead atoms. The van der Waals surface area contributed by atoms with Crippen molar-refractivity contribution in [2.75, 3.05) is 26.3 Å². The average molecular weight is 736 g/mol. The standard InChI is InChI=1S/C43H88O3/c1-35(2)17-11-19-37(5)21-13-23-39(7)25-15-27-41(9)29-31-45-34-43(33-44)46-32-30-42(10)28-16-26-40(8)24-14-22-38(6)20-12-18-36(3)4/h35-44H,11-34H2,1-10H3/t37?,38?,39?,40?,41?,42?,43-/m0/s1/i1D3,2D3,3D3,4D3,5D3,6D3,7D3,8D3,9D3,10D3,11D2,12D2,13D2,14D2,15D2,16D2,17D2,18D2,19D2,20D2,21D2,22D2,23D2,24D2,25D2,26D2,27D2,28D2,29D2,30D2,31D2,32D2,35D,36D,37D,38D,39D,40D,41D,42D. The van der Waals surface area contributed by atoms with Gasteiger partial charge in [0.25, 0.3) is 0 Å². The van der Waals surface area contributed by atoms with Crippen LogP contribution in [0.4, 0.5) is 0 Å². The first-order valence-corrected chi connectivity index (χ1v) is 11.6. The summed E-state index contributed by atoms with van der Waals surface area (Å²) in [4.78, 5) is 0. The van der Waals surface area contributed by atoms with Crippen LogP contribution in [0.3, 0.4) is 0 Å². The summed E-state index contributed by atoms with van der Waals surface area (Å²) in [5.74, 6) is -46.4. The minimum Gasteiger partial charge on any atom is -0.394 e. The fourth-order valence-electron chi connectivity index (χ4n) is 1.63. The summed E-state index contributed by atoms with van der Waals surface area (Å²) in [5.41, 5.74) is 0. The maximum absolute atomic E-state index is 10.5. The van der Waals surface area contributed by atoms with E-state index in [9.17, 15) is 5.11 Å². The normalized spacial score (nSPS) is 57.4. The monoisotopic (exact) mass is 735 g/mol. The van der Waals surface area contributed by atoms with E-state index in [0.717, 1.165) is 0 Å². The van der Waals surface area contributed by atoms with E-state index in [2.05, 4.69) is 9.47 Å². The van der Waals surface area contributed by atoms with Gasteiger partial charge in [0.1, 0.15) is 6.10 Å². The molecule has 7 atom stereocenters. The van der Waals surface area contributed by atoms with Crippen molar-refractivity contribution in [1.82, 2.24) is 0 Å².